The van der Waals surface area contributed by atoms with Crippen LogP contribution in [0.5, 0.6) is 5.75 Å². The van der Waals surface area contributed by atoms with E-state index in [9.17, 15) is 8.78 Å². The Morgan fingerprint density at radius 3 is 2.13 bits per heavy atom. The lowest BCUT2D eigenvalue weighted by atomic mass is 9.77. The van der Waals surface area contributed by atoms with Crippen molar-refractivity contribution < 1.29 is 13.5 Å². The Kier molecular flexibility index (Phi) is 9.36. The molecule has 0 heterocycles. The van der Waals surface area contributed by atoms with Gasteiger partial charge in [0.1, 0.15) is 0 Å². The summed E-state index contributed by atoms with van der Waals surface area (Å²) >= 11 is 0. The number of hydrogen-bond donors (Lipinski definition) is 0. The van der Waals surface area contributed by atoms with E-state index in [-0.39, 0.29) is 11.3 Å². The van der Waals surface area contributed by atoms with Gasteiger partial charge in [-0.2, -0.15) is 4.39 Å². The van der Waals surface area contributed by atoms with E-state index in [1.54, 1.807) is 13.0 Å². The molecule has 1 nitrogen and oxygen atoms in total. The number of ether oxygens (including phenoxy) is 1. The molecule has 1 fully saturated rings. The zero-order valence-corrected chi connectivity index (χ0v) is 19.3. The lowest BCUT2D eigenvalue weighted by Crippen LogP contribution is -2.13. The summed E-state index contributed by atoms with van der Waals surface area (Å²) in [5.74, 6) is -0.293. The standard InChI is InChI=1S/C28H38F2O/c1-3-5-6-7-8-9-10-21-11-13-22(14-12-21)23-15-17-24(18-16-23)25-19-20-26(31-4-2)28(30)27(25)29/h15-22H,3-14H2,1-2H3. The van der Waals surface area contributed by atoms with Gasteiger partial charge in [-0.3, -0.25) is 0 Å². The molecule has 0 aliphatic heterocycles. The molecule has 3 rings (SSSR count). The molecular weight excluding hydrogens is 390 g/mol. The van der Waals surface area contributed by atoms with Gasteiger partial charge >= 0.3 is 0 Å². The predicted octanol–water partition coefficient (Wildman–Crippen LogP) is 9.05. The van der Waals surface area contributed by atoms with E-state index >= 15 is 0 Å². The van der Waals surface area contributed by atoms with Crippen molar-refractivity contribution >= 4 is 0 Å². The summed E-state index contributed by atoms with van der Waals surface area (Å²) < 4.78 is 33.9. The molecule has 0 spiro atoms. The van der Waals surface area contributed by atoms with Crippen LogP contribution in [0.4, 0.5) is 8.78 Å². The number of unbranched alkanes of at least 4 members (excludes halogenated alkanes) is 5. The lowest BCUT2D eigenvalue weighted by molar-refractivity contribution is 0.302. The van der Waals surface area contributed by atoms with Gasteiger partial charge in [0.2, 0.25) is 5.82 Å². The average molecular weight is 429 g/mol. The molecule has 1 aliphatic rings. The zero-order chi connectivity index (χ0) is 22.1. The second-order valence-corrected chi connectivity index (χ2v) is 9.07. The first-order valence-electron chi connectivity index (χ1n) is 12.3. The first-order chi connectivity index (χ1) is 15.1. The molecule has 1 saturated carbocycles. The van der Waals surface area contributed by atoms with Crippen LogP contribution in [0.1, 0.15) is 96.0 Å². The molecule has 0 N–H and O–H groups in total. The molecule has 0 amide bonds. The summed E-state index contributed by atoms with van der Waals surface area (Å²) in [6.45, 7) is 4.34. The van der Waals surface area contributed by atoms with Crippen molar-refractivity contribution in [1.29, 1.82) is 0 Å². The first kappa shape index (κ1) is 23.8. The fraction of sp³-hybridized carbons (Fsp3) is 0.571. The Morgan fingerprint density at radius 1 is 0.774 bits per heavy atom. The molecule has 0 radical (unpaired) electrons. The molecule has 2 aromatic rings. The van der Waals surface area contributed by atoms with Crippen LogP contribution in [-0.2, 0) is 0 Å². The van der Waals surface area contributed by atoms with Crippen LogP contribution in [0.15, 0.2) is 36.4 Å². The lowest BCUT2D eigenvalue weighted by Gasteiger charge is -2.29. The topological polar surface area (TPSA) is 9.23 Å². The molecule has 0 unspecified atom stereocenters. The Hall–Kier alpha value is -1.90. The molecule has 0 bridgehead atoms. The van der Waals surface area contributed by atoms with E-state index in [0.29, 0.717) is 18.1 Å². The normalized spacial score (nSPS) is 18.8. The summed E-state index contributed by atoms with van der Waals surface area (Å²) in [4.78, 5) is 0. The third kappa shape index (κ3) is 6.54. The van der Waals surface area contributed by atoms with Gasteiger partial charge in [-0.15, -0.1) is 0 Å². The minimum absolute atomic E-state index is 0.0295. The summed E-state index contributed by atoms with van der Waals surface area (Å²) in [7, 11) is 0. The highest BCUT2D eigenvalue weighted by molar-refractivity contribution is 5.65. The van der Waals surface area contributed by atoms with Gasteiger partial charge in [0, 0.05) is 5.56 Å². The molecule has 31 heavy (non-hydrogen) atoms. The highest BCUT2D eigenvalue weighted by Gasteiger charge is 2.22. The molecule has 0 saturated heterocycles. The van der Waals surface area contributed by atoms with Crippen molar-refractivity contribution in [1.82, 2.24) is 0 Å². The fourth-order valence-electron chi connectivity index (χ4n) is 4.95. The van der Waals surface area contributed by atoms with Gasteiger partial charge in [0.25, 0.3) is 0 Å². The Morgan fingerprint density at radius 2 is 1.45 bits per heavy atom. The van der Waals surface area contributed by atoms with Crippen molar-refractivity contribution in [2.45, 2.75) is 90.4 Å². The minimum Gasteiger partial charge on any atom is -0.491 e. The van der Waals surface area contributed by atoms with Crippen LogP contribution in [0, 0.1) is 17.6 Å². The van der Waals surface area contributed by atoms with E-state index in [4.69, 9.17) is 4.74 Å². The maximum Gasteiger partial charge on any atom is 0.201 e. The van der Waals surface area contributed by atoms with Crippen LogP contribution in [0.25, 0.3) is 11.1 Å². The third-order valence-electron chi connectivity index (χ3n) is 6.85. The largest absolute Gasteiger partial charge is 0.491 e. The maximum absolute atomic E-state index is 14.5. The van der Waals surface area contributed by atoms with Gasteiger partial charge in [-0.05, 0) is 67.7 Å². The summed E-state index contributed by atoms with van der Waals surface area (Å²) in [6, 6.07) is 11.2. The second-order valence-electron chi connectivity index (χ2n) is 9.07. The number of halogens is 2. The molecule has 3 heteroatoms. The summed E-state index contributed by atoms with van der Waals surface area (Å²) in [5, 5.41) is 0. The van der Waals surface area contributed by atoms with E-state index in [1.807, 2.05) is 12.1 Å². The van der Waals surface area contributed by atoms with Crippen molar-refractivity contribution in [3.05, 3.63) is 53.6 Å². The van der Waals surface area contributed by atoms with E-state index < -0.39 is 11.6 Å². The third-order valence-corrected chi connectivity index (χ3v) is 6.85. The van der Waals surface area contributed by atoms with E-state index in [0.717, 1.165) is 5.92 Å². The van der Waals surface area contributed by atoms with Gasteiger partial charge in [0.05, 0.1) is 6.61 Å². The van der Waals surface area contributed by atoms with Crippen LogP contribution >= 0.6 is 0 Å². The average Bonchev–Trinajstić information content (AvgIpc) is 2.80. The number of benzene rings is 2. The van der Waals surface area contributed by atoms with Crippen LogP contribution in [0.3, 0.4) is 0 Å². The molecule has 0 atom stereocenters. The van der Waals surface area contributed by atoms with Crippen molar-refractivity contribution in [3.8, 4) is 16.9 Å². The van der Waals surface area contributed by atoms with Gasteiger partial charge in [-0.1, -0.05) is 76.1 Å². The highest BCUT2D eigenvalue weighted by Crippen LogP contribution is 2.38. The van der Waals surface area contributed by atoms with E-state index in [2.05, 4.69) is 19.1 Å². The SMILES string of the molecule is CCCCCCCCC1CCC(c2ccc(-c3ccc(OCC)c(F)c3F)cc2)CC1. The molecular formula is C28H38F2O. The van der Waals surface area contributed by atoms with Crippen molar-refractivity contribution in [3.63, 3.8) is 0 Å². The molecule has 2 aromatic carbocycles. The zero-order valence-electron chi connectivity index (χ0n) is 19.3. The summed E-state index contributed by atoms with van der Waals surface area (Å²) in [5.41, 5.74) is 2.32. The smallest absolute Gasteiger partial charge is 0.201 e. The van der Waals surface area contributed by atoms with Crippen molar-refractivity contribution in [2.75, 3.05) is 6.61 Å². The second kappa shape index (κ2) is 12.2. The molecule has 170 valence electrons. The molecule has 1 aliphatic carbocycles. The van der Waals surface area contributed by atoms with Crippen LogP contribution in [0.2, 0.25) is 0 Å². The van der Waals surface area contributed by atoms with Gasteiger partial charge < -0.3 is 4.74 Å². The fourth-order valence-corrected chi connectivity index (χ4v) is 4.95. The molecule has 0 aromatic heterocycles. The van der Waals surface area contributed by atoms with Crippen molar-refractivity contribution in [2.24, 2.45) is 5.92 Å². The maximum atomic E-state index is 14.5. The van der Waals surface area contributed by atoms with Crippen LogP contribution in [-0.4, -0.2) is 6.61 Å². The Bertz CT molecular complexity index is 791. The monoisotopic (exact) mass is 428 g/mol. The van der Waals surface area contributed by atoms with E-state index in [1.165, 1.54) is 82.3 Å². The number of hydrogen-bond acceptors (Lipinski definition) is 1. The Labute approximate surface area is 187 Å². The van der Waals surface area contributed by atoms with Gasteiger partial charge in [0.15, 0.2) is 11.6 Å². The predicted molar refractivity (Wildman–Crippen MR) is 126 cm³/mol. The summed E-state index contributed by atoms with van der Waals surface area (Å²) in [6.07, 6.45) is 14.8. The first-order valence-corrected chi connectivity index (χ1v) is 12.3. The minimum atomic E-state index is -0.910. The van der Waals surface area contributed by atoms with Gasteiger partial charge in [-0.25, -0.2) is 4.39 Å². The highest BCUT2D eigenvalue weighted by atomic mass is 19.2. The quantitative estimate of drug-likeness (QED) is 0.324. The van der Waals surface area contributed by atoms with Crippen LogP contribution < -0.4 is 4.74 Å². The number of rotatable bonds is 11. The Balaban J connectivity index is 1.51.